The van der Waals surface area contributed by atoms with Crippen LogP contribution in [0.3, 0.4) is 0 Å². The molecule has 0 unspecified atom stereocenters. The molecule has 6 nitrogen and oxygen atoms in total. The van der Waals surface area contributed by atoms with E-state index in [1.54, 1.807) is 37.7 Å². The molecular weight excluding hydrogens is 338 g/mol. The van der Waals surface area contributed by atoms with Gasteiger partial charge in [0.15, 0.2) is 0 Å². The summed E-state index contributed by atoms with van der Waals surface area (Å²) in [6.07, 6.45) is 0. The Bertz CT molecular complexity index is 737. The molecule has 1 amide bonds. The maximum absolute atomic E-state index is 12.4. The van der Waals surface area contributed by atoms with Gasteiger partial charge in [-0.05, 0) is 32.0 Å². The highest BCUT2D eigenvalue weighted by Gasteiger charge is 2.19. The molecule has 0 bridgehead atoms. The monoisotopic (exact) mass is 351 g/mol. The van der Waals surface area contributed by atoms with Crippen molar-refractivity contribution >= 4 is 33.5 Å². The number of aromatic carboxylic acids is 1. The van der Waals surface area contributed by atoms with Gasteiger partial charge in [-0.15, -0.1) is 0 Å². The maximum atomic E-state index is 12.4. The van der Waals surface area contributed by atoms with Crippen LogP contribution in [0, 0.1) is 13.8 Å². The van der Waals surface area contributed by atoms with Crippen LogP contribution in [0.5, 0.6) is 0 Å². The number of nitrogens with zero attached hydrogens (tertiary/aromatic N) is 2. The summed E-state index contributed by atoms with van der Waals surface area (Å²) < 4.78 is 2.30. The Morgan fingerprint density at radius 2 is 2.00 bits per heavy atom. The van der Waals surface area contributed by atoms with Gasteiger partial charge in [-0.1, -0.05) is 15.9 Å². The summed E-state index contributed by atoms with van der Waals surface area (Å²) in [5, 5.41) is 16.0. The Balaban J connectivity index is 2.40. The number of benzene rings is 1. The van der Waals surface area contributed by atoms with Gasteiger partial charge in [-0.2, -0.15) is 5.10 Å². The average molecular weight is 352 g/mol. The highest BCUT2D eigenvalue weighted by molar-refractivity contribution is 9.10. The molecule has 0 radical (unpaired) electrons. The first-order valence-corrected chi connectivity index (χ1v) is 6.95. The molecule has 0 aliphatic carbocycles. The van der Waals surface area contributed by atoms with Crippen molar-refractivity contribution < 1.29 is 14.7 Å². The second-order valence-electron chi connectivity index (χ2n) is 4.62. The minimum atomic E-state index is -1.10. The molecule has 0 atom stereocenters. The summed E-state index contributed by atoms with van der Waals surface area (Å²) in [6.45, 7) is 3.52. The first-order chi connectivity index (χ1) is 9.81. The fraction of sp³-hybridized carbons (Fsp3) is 0.214. The number of amides is 1. The van der Waals surface area contributed by atoms with E-state index in [1.165, 1.54) is 6.07 Å². The average Bonchev–Trinajstić information content (AvgIpc) is 2.62. The van der Waals surface area contributed by atoms with Gasteiger partial charge in [0, 0.05) is 17.2 Å². The molecule has 2 aromatic rings. The Kier molecular flexibility index (Phi) is 4.13. The van der Waals surface area contributed by atoms with Crippen molar-refractivity contribution in [1.82, 2.24) is 9.78 Å². The molecule has 0 saturated heterocycles. The number of aromatic nitrogens is 2. The van der Waals surface area contributed by atoms with Crippen molar-refractivity contribution in [2.45, 2.75) is 13.8 Å². The van der Waals surface area contributed by atoms with Crippen LogP contribution in [0.4, 0.5) is 5.69 Å². The zero-order valence-electron chi connectivity index (χ0n) is 11.8. The second-order valence-corrected chi connectivity index (χ2v) is 5.53. The number of carbonyl (C=O) groups is 2. The Hall–Kier alpha value is -2.15. The molecule has 0 aliphatic rings. The van der Waals surface area contributed by atoms with Gasteiger partial charge in [0.1, 0.15) is 0 Å². The molecule has 7 heteroatoms. The molecular formula is C14H14BrN3O3. The van der Waals surface area contributed by atoms with Gasteiger partial charge in [0.05, 0.1) is 22.5 Å². The van der Waals surface area contributed by atoms with Crippen molar-refractivity contribution in [3.05, 3.63) is 45.2 Å². The fourth-order valence-corrected chi connectivity index (χ4v) is 2.45. The Morgan fingerprint density at radius 1 is 1.33 bits per heavy atom. The largest absolute Gasteiger partial charge is 0.478 e. The van der Waals surface area contributed by atoms with E-state index in [1.807, 2.05) is 0 Å². The number of halogens is 1. The molecule has 0 aliphatic heterocycles. The highest BCUT2D eigenvalue weighted by Crippen LogP contribution is 2.23. The normalized spacial score (nSPS) is 10.5. The van der Waals surface area contributed by atoms with E-state index >= 15 is 0 Å². The smallest absolute Gasteiger partial charge is 0.337 e. The summed E-state index contributed by atoms with van der Waals surface area (Å²) >= 11 is 3.26. The van der Waals surface area contributed by atoms with Crippen LogP contribution < -0.4 is 5.32 Å². The van der Waals surface area contributed by atoms with E-state index < -0.39 is 5.97 Å². The SMILES string of the molecule is Cc1nn(C)c(C)c1C(=O)Nc1cc(Br)ccc1C(=O)O. The number of hydrogen-bond donors (Lipinski definition) is 2. The molecule has 21 heavy (non-hydrogen) atoms. The first-order valence-electron chi connectivity index (χ1n) is 6.15. The molecule has 1 aromatic carbocycles. The number of carbonyl (C=O) groups excluding carboxylic acids is 1. The van der Waals surface area contributed by atoms with Crippen molar-refractivity contribution in [2.75, 3.05) is 5.32 Å². The molecule has 0 fully saturated rings. The van der Waals surface area contributed by atoms with Crippen molar-refractivity contribution in [3.63, 3.8) is 0 Å². The standard InChI is InChI=1S/C14H14BrN3O3/c1-7-12(8(2)18(3)17-7)13(19)16-11-6-9(15)4-5-10(11)14(20)21/h4-6H,1-3H3,(H,16,19)(H,20,21). The summed E-state index contributed by atoms with van der Waals surface area (Å²) in [7, 11) is 1.75. The molecule has 2 rings (SSSR count). The van der Waals surface area contributed by atoms with Gasteiger partial charge in [0.25, 0.3) is 5.91 Å². The van der Waals surface area contributed by atoms with E-state index in [2.05, 4.69) is 26.3 Å². The lowest BCUT2D eigenvalue weighted by molar-refractivity contribution is 0.0698. The molecule has 0 spiro atoms. The van der Waals surface area contributed by atoms with E-state index in [0.717, 1.165) is 5.69 Å². The number of nitrogens with one attached hydrogen (secondary N) is 1. The number of carboxylic acid groups (broad SMARTS) is 1. The molecule has 110 valence electrons. The quantitative estimate of drug-likeness (QED) is 0.890. The molecule has 1 aromatic heterocycles. The number of rotatable bonds is 3. The van der Waals surface area contributed by atoms with E-state index in [9.17, 15) is 14.7 Å². The van der Waals surface area contributed by atoms with Gasteiger partial charge in [-0.3, -0.25) is 9.48 Å². The van der Waals surface area contributed by atoms with Crippen LogP contribution in [0.2, 0.25) is 0 Å². The zero-order valence-corrected chi connectivity index (χ0v) is 13.4. The van der Waals surface area contributed by atoms with Crippen LogP contribution in [0.25, 0.3) is 0 Å². The lowest BCUT2D eigenvalue weighted by atomic mass is 10.1. The Morgan fingerprint density at radius 3 is 2.52 bits per heavy atom. The fourth-order valence-electron chi connectivity index (χ4n) is 2.09. The van der Waals surface area contributed by atoms with Crippen LogP contribution in [0.15, 0.2) is 22.7 Å². The third-order valence-electron chi connectivity index (χ3n) is 3.20. The van der Waals surface area contributed by atoms with Crippen molar-refractivity contribution in [2.24, 2.45) is 7.05 Å². The second kappa shape index (κ2) is 5.69. The number of anilines is 1. The van der Waals surface area contributed by atoms with Gasteiger partial charge in [-0.25, -0.2) is 4.79 Å². The predicted octanol–water partition coefficient (Wildman–Crippen LogP) is 2.75. The van der Waals surface area contributed by atoms with Crippen LogP contribution in [-0.2, 0) is 7.05 Å². The summed E-state index contributed by atoms with van der Waals surface area (Å²) in [5.41, 5.74) is 2.04. The molecule has 2 N–H and O–H groups in total. The van der Waals surface area contributed by atoms with E-state index in [0.29, 0.717) is 15.7 Å². The van der Waals surface area contributed by atoms with E-state index in [4.69, 9.17) is 0 Å². The lowest BCUT2D eigenvalue weighted by Crippen LogP contribution is -2.16. The molecule has 0 saturated carbocycles. The van der Waals surface area contributed by atoms with Crippen molar-refractivity contribution in [1.29, 1.82) is 0 Å². The number of aryl methyl sites for hydroxylation is 2. The summed E-state index contributed by atoms with van der Waals surface area (Å²) in [6, 6.07) is 4.60. The third kappa shape index (κ3) is 2.97. The summed E-state index contributed by atoms with van der Waals surface area (Å²) in [5.74, 6) is -1.48. The highest BCUT2D eigenvalue weighted by atomic mass is 79.9. The maximum Gasteiger partial charge on any atom is 0.337 e. The number of carboxylic acids is 1. The van der Waals surface area contributed by atoms with Crippen LogP contribution in [-0.4, -0.2) is 26.8 Å². The minimum absolute atomic E-state index is 0.0331. The number of hydrogen-bond acceptors (Lipinski definition) is 3. The van der Waals surface area contributed by atoms with Gasteiger partial charge >= 0.3 is 5.97 Å². The third-order valence-corrected chi connectivity index (χ3v) is 3.69. The van der Waals surface area contributed by atoms with Crippen molar-refractivity contribution in [3.8, 4) is 0 Å². The Labute approximate surface area is 129 Å². The lowest BCUT2D eigenvalue weighted by Gasteiger charge is -2.09. The van der Waals surface area contributed by atoms with Crippen LogP contribution >= 0.6 is 15.9 Å². The predicted molar refractivity (Wildman–Crippen MR) is 81.7 cm³/mol. The molecule has 1 heterocycles. The van der Waals surface area contributed by atoms with Crippen LogP contribution in [0.1, 0.15) is 32.1 Å². The van der Waals surface area contributed by atoms with Gasteiger partial charge in [0.2, 0.25) is 0 Å². The topological polar surface area (TPSA) is 84.2 Å². The summed E-state index contributed by atoms with van der Waals surface area (Å²) in [4.78, 5) is 23.6. The zero-order chi connectivity index (χ0) is 15.7. The minimum Gasteiger partial charge on any atom is -0.478 e. The van der Waals surface area contributed by atoms with Gasteiger partial charge < -0.3 is 10.4 Å². The van der Waals surface area contributed by atoms with E-state index in [-0.39, 0.29) is 17.2 Å². The first kappa shape index (κ1) is 15.2.